The molecule has 2 aromatic rings. The summed E-state index contributed by atoms with van der Waals surface area (Å²) in [6.45, 7) is 7.04. The largest absolute Gasteiger partial charge is 0.454 e. The Morgan fingerprint density at radius 1 is 1.25 bits per heavy atom. The van der Waals surface area contributed by atoms with E-state index in [1.54, 1.807) is 6.07 Å². The first-order chi connectivity index (χ1) is 15.2. The summed E-state index contributed by atoms with van der Waals surface area (Å²) in [5.41, 5.74) is 5.80. The van der Waals surface area contributed by atoms with Gasteiger partial charge in [-0.1, -0.05) is 0 Å². The maximum absolute atomic E-state index is 14.5. The number of anilines is 1. The van der Waals surface area contributed by atoms with Crippen LogP contribution in [0.15, 0.2) is 30.5 Å². The molecule has 0 unspecified atom stereocenters. The topological polar surface area (TPSA) is 118 Å². The van der Waals surface area contributed by atoms with Crippen molar-refractivity contribution in [3.8, 4) is 11.5 Å². The second-order valence-corrected chi connectivity index (χ2v) is 8.88. The van der Waals surface area contributed by atoms with E-state index in [-0.39, 0.29) is 23.3 Å². The van der Waals surface area contributed by atoms with Crippen molar-refractivity contribution < 1.29 is 19.2 Å². The van der Waals surface area contributed by atoms with Crippen molar-refractivity contribution >= 4 is 11.5 Å². The van der Waals surface area contributed by atoms with Gasteiger partial charge in [0.15, 0.2) is 11.6 Å². The van der Waals surface area contributed by atoms with E-state index in [9.17, 15) is 19.6 Å². The number of hydrogen-bond donors (Lipinski definition) is 2. The molecule has 1 aromatic carbocycles. The molecule has 172 valence electrons. The molecule has 0 amide bonds. The van der Waals surface area contributed by atoms with Crippen molar-refractivity contribution in [2.75, 3.05) is 31.9 Å². The highest BCUT2D eigenvalue weighted by Crippen LogP contribution is 2.42. The molecule has 2 atom stereocenters. The lowest BCUT2D eigenvalue weighted by Crippen LogP contribution is -2.44. The summed E-state index contributed by atoms with van der Waals surface area (Å²) in [6.07, 6.45) is 3.27. The maximum Gasteiger partial charge on any atom is 0.272 e. The minimum absolute atomic E-state index is 0.0474. The van der Waals surface area contributed by atoms with Crippen LogP contribution in [0.3, 0.4) is 0 Å². The van der Waals surface area contributed by atoms with E-state index < -0.39 is 22.4 Å². The Balaban J connectivity index is 1.63. The number of nitrogen functional groups attached to an aromatic ring is 1. The van der Waals surface area contributed by atoms with Gasteiger partial charge in [-0.05, 0) is 51.9 Å². The van der Waals surface area contributed by atoms with Crippen molar-refractivity contribution in [2.24, 2.45) is 0 Å². The smallest absolute Gasteiger partial charge is 0.272 e. The van der Waals surface area contributed by atoms with E-state index >= 15 is 0 Å². The van der Waals surface area contributed by atoms with Gasteiger partial charge in [-0.2, -0.15) is 0 Å². The average Bonchev–Trinajstić information content (AvgIpc) is 3.39. The second-order valence-electron chi connectivity index (χ2n) is 8.88. The Morgan fingerprint density at radius 2 is 1.97 bits per heavy atom. The number of benzene rings is 1. The van der Waals surface area contributed by atoms with Crippen LogP contribution in [-0.2, 0) is 5.54 Å². The van der Waals surface area contributed by atoms with Gasteiger partial charge in [0.25, 0.3) is 5.69 Å². The van der Waals surface area contributed by atoms with Gasteiger partial charge in [0.1, 0.15) is 11.6 Å². The summed E-state index contributed by atoms with van der Waals surface area (Å²) in [5.74, 6) is -0.429. The van der Waals surface area contributed by atoms with Crippen LogP contribution in [0.5, 0.6) is 11.5 Å². The number of nitrogens with zero attached hydrogens (tertiary/aromatic N) is 4. The number of aliphatic hydroxyl groups is 1. The number of nitrogens with two attached hydrogens (primary N) is 1. The zero-order valence-electron chi connectivity index (χ0n) is 18.2. The lowest BCUT2D eigenvalue weighted by atomic mass is 9.92. The summed E-state index contributed by atoms with van der Waals surface area (Å²) in [6, 6.07) is 4.88. The van der Waals surface area contributed by atoms with Crippen LogP contribution in [0, 0.1) is 15.9 Å². The normalized spacial score (nSPS) is 22.4. The Hall–Kier alpha value is -2.82. The molecule has 0 aliphatic carbocycles. The molecule has 0 radical (unpaired) electrons. The number of nitro groups is 1. The first-order valence-corrected chi connectivity index (χ1v) is 10.7. The quantitative estimate of drug-likeness (QED) is 0.515. The number of likely N-dealkylation sites (tertiary alicyclic amines) is 2. The van der Waals surface area contributed by atoms with Crippen molar-refractivity contribution in [1.82, 2.24) is 14.8 Å². The predicted octanol–water partition coefficient (Wildman–Crippen LogP) is 2.88. The number of aromatic nitrogens is 1. The van der Waals surface area contributed by atoms with Crippen molar-refractivity contribution in [1.29, 1.82) is 0 Å². The summed E-state index contributed by atoms with van der Waals surface area (Å²) in [7, 11) is 0. The van der Waals surface area contributed by atoms with Gasteiger partial charge in [0.05, 0.1) is 22.7 Å². The van der Waals surface area contributed by atoms with E-state index in [1.807, 2.05) is 13.8 Å². The number of aliphatic hydroxyl groups excluding tert-OH is 1. The molecule has 1 aromatic heterocycles. The van der Waals surface area contributed by atoms with E-state index in [0.717, 1.165) is 32.0 Å². The molecule has 32 heavy (non-hydrogen) atoms. The fraction of sp³-hybridized carbons (Fsp3) is 0.500. The highest BCUT2D eigenvalue weighted by Gasteiger charge is 2.44. The van der Waals surface area contributed by atoms with E-state index in [1.165, 1.54) is 18.3 Å². The molecule has 2 saturated heterocycles. The first kappa shape index (κ1) is 22.4. The van der Waals surface area contributed by atoms with Crippen LogP contribution in [0.25, 0.3) is 0 Å². The Labute approximate surface area is 185 Å². The van der Waals surface area contributed by atoms with Gasteiger partial charge in [-0.15, -0.1) is 0 Å². The predicted molar refractivity (Wildman–Crippen MR) is 117 cm³/mol. The van der Waals surface area contributed by atoms with Crippen LogP contribution in [0.4, 0.5) is 15.9 Å². The highest BCUT2D eigenvalue weighted by molar-refractivity contribution is 5.54. The molecular weight excluding hydrogens is 417 g/mol. The molecule has 3 heterocycles. The summed E-state index contributed by atoms with van der Waals surface area (Å²) in [4.78, 5) is 18.9. The Morgan fingerprint density at radius 3 is 2.62 bits per heavy atom. The number of non-ortho nitro benzene ring substituents is 1. The number of ether oxygens (including phenoxy) is 1. The van der Waals surface area contributed by atoms with Crippen LogP contribution < -0.4 is 10.5 Å². The monoisotopic (exact) mass is 445 g/mol. The second kappa shape index (κ2) is 8.61. The first-order valence-electron chi connectivity index (χ1n) is 10.7. The van der Waals surface area contributed by atoms with Gasteiger partial charge in [-0.3, -0.25) is 19.9 Å². The number of pyridine rings is 1. The molecular formula is C22H28FN5O4. The number of nitro benzene ring substituents is 1. The van der Waals surface area contributed by atoms with Gasteiger partial charge in [0.2, 0.25) is 0 Å². The fourth-order valence-corrected chi connectivity index (χ4v) is 4.78. The lowest BCUT2D eigenvalue weighted by molar-refractivity contribution is -0.385. The standard InChI is InChI=1S/C22H28FN5O4/c1-22(2,27-12-16(17(29)13-27)26-9-3-4-10-26)20-19(7-8-25-21(20)24)32-18-6-5-14(28(30)31)11-15(18)23/h5-8,11,16-17,29H,3-4,9-10,12-13H2,1-2H3,(H2,24,25)/t16-,17-/m1/s1. The molecule has 2 aliphatic heterocycles. The summed E-state index contributed by atoms with van der Waals surface area (Å²) < 4.78 is 20.3. The minimum Gasteiger partial charge on any atom is -0.454 e. The highest BCUT2D eigenvalue weighted by atomic mass is 19.1. The maximum atomic E-state index is 14.5. The van der Waals surface area contributed by atoms with Crippen molar-refractivity contribution in [3.63, 3.8) is 0 Å². The summed E-state index contributed by atoms with van der Waals surface area (Å²) in [5, 5.41) is 21.6. The van der Waals surface area contributed by atoms with E-state index in [4.69, 9.17) is 10.5 Å². The van der Waals surface area contributed by atoms with Gasteiger partial charge < -0.3 is 15.6 Å². The van der Waals surface area contributed by atoms with Gasteiger partial charge in [-0.25, -0.2) is 9.37 Å². The van der Waals surface area contributed by atoms with Crippen molar-refractivity contribution in [3.05, 3.63) is 52.0 Å². The SMILES string of the molecule is CC(C)(c1c(Oc2ccc([N+](=O)[O-])cc2F)ccnc1N)N1C[C@@H](O)[C@H](N2CCCC2)C1. The molecule has 0 spiro atoms. The van der Waals surface area contributed by atoms with Gasteiger partial charge in [0, 0.05) is 36.9 Å². The molecule has 4 rings (SSSR count). The number of hydrogen-bond acceptors (Lipinski definition) is 8. The van der Waals surface area contributed by atoms with Crippen LogP contribution in [0.2, 0.25) is 0 Å². The van der Waals surface area contributed by atoms with E-state index in [2.05, 4.69) is 14.8 Å². The minimum atomic E-state index is -0.843. The summed E-state index contributed by atoms with van der Waals surface area (Å²) >= 11 is 0. The van der Waals surface area contributed by atoms with Crippen LogP contribution >= 0.6 is 0 Å². The number of rotatable bonds is 6. The number of β-amino-alcohol motifs (C(OH)–C–C–N with tert-alkyl or cyclic N) is 1. The number of halogens is 1. The molecule has 2 fully saturated rings. The van der Waals surface area contributed by atoms with Crippen LogP contribution in [0.1, 0.15) is 32.3 Å². The molecule has 9 nitrogen and oxygen atoms in total. The zero-order chi connectivity index (χ0) is 23.0. The Bertz CT molecular complexity index is 1010. The molecule has 0 saturated carbocycles. The molecule has 3 N–H and O–H groups in total. The third-order valence-corrected chi connectivity index (χ3v) is 6.56. The fourth-order valence-electron chi connectivity index (χ4n) is 4.78. The van der Waals surface area contributed by atoms with E-state index in [0.29, 0.717) is 24.4 Å². The van der Waals surface area contributed by atoms with Crippen LogP contribution in [-0.4, -0.2) is 63.1 Å². The molecule has 2 aliphatic rings. The lowest BCUT2D eigenvalue weighted by Gasteiger charge is -2.37. The molecule has 10 heteroatoms. The third-order valence-electron chi connectivity index (χ3n) is 6.56. The van der Waals surface area contributed by atoms with Gasteiger partial charge >= 0.3 is 0 Å². The third kappa shape index (κ3) is 4.13. The van der Waals surface area contributed by atoms with Crippen molar-refractivity contribution in [2.45, 2.75) is 44.4 Å². The Kier molecular flexibility index (Phi) is 6.02. The molecule has 0 bridgehead atoms. The zero-order valence-corrected chi connectivity index (χ0v) is 18.2. The average molecular weight is 445 g/mol.